The van der Waals surface area contributed by atoms with E-state index in [1.165, 1.54) is 12.1 Å². The lowest BCUT2D eigenvalue weighted by atomic mass is 9.99. The molecule has 2 unspecified atom stereocenters. The summed E-state index contributed by atoms with van der Waals surface area (Å²) < 4.78 is 76.2. The molecule has 1 aliphatic heterocycles. The molecule has 0 bridgehead atoms. The zero-order chi connectivity index (χ0) is 17.6. The normalized spacial score (nSPS) is 22.8. The molecule has 1 aliphatic rings. The summed E-state index contributed by atoms with van der Waals surface area (Å²) in [4.78, 5) is 23.3. The summed E-state index contributed by atoms with van der Waals surface area (Å²) in [6, 6.07) is 0.663. The number of Topliss-reactive ketones (excluding diaryl/α,β-unsaturated/α-hetero) is 2. The smallest absolute Gasteiger partial charge is 0.307 e. The van der Waals surface area contributed by atoms with Gasteiger partial charge in [-0.25, -0.2) is 0 Å². The highest BCUT2D eigenvalue weighted by Crippen LogP contribution is 2.32. The van der Waals surface area contributed by atoms with Crippen molar-refractivity contribution in [3.05, 3.63) is 30.1 Å². The topological polar surface area (TPSA) is 61.5 Å². The highest BCUT2D eigenvalue weighted by molar-refractivity contribution is 6.14. The van der Waals surface area contributed by atoms with Crippen molar-refractivity contribution in [3.63, 3.8) is 0 Å². The van der Waals surface area contributed by atoms with E-state index in [0.29, 0.717) is 4.57 Å². The van der Waals surface area contributed by atoms with E-state index >= 15 is 0 Å². The molecule has 23 heavy (non-hydrogen) atoms. The number of rotatable bonds is 2. The number of ketones is 2. The number of nitrogens with zero attached hydrogens (tertiary/aromatic N) is 2. The van der Waals surface area contributed by atoms with Gasteiger partial charge in [-0.3, -0.25) is 9.59 Å². The number of hydroxylamine groups is 2. The average Bonchev–Trinajstić information content (AvgIpc) is 2.41. The number of carbonyl (C=O) groups excluding carboxylic acids is 2. The van der Waals surface area contributed by atoms with E-state index in [1.54, 1.807) is 0 Å². The van der Waals surface area contributed by atoms with Crippen LogP contribution in [0.25, 0.3) is 0 Å². The number of aromatic nitrogens is 1. The Hall–Kier alpha value is -2.01. The number of alkyl halides is 6. The van der Waals surface area contributed by atoms with Gasteiger partial charge in [0.1, 0.15) is 6.42 Å². The van der Waals surface area contributed by atoms with Crippen LogP contribution < -0.4 is 4.57 Å². The van der Waals surface area contributed by atoms with E-state index in [-0.39, 0.29) is 0 Å². The summed E-state index contributed by atoms with van der Waals surface area (Å²) in [5, 5.41) is 9.23. The molecule has 2 atom stereocenters. The summed E-state index contributed by atoms with van der Waals surface area (Å²) in [6.45, 7) is 0. The van der Waals surface area contributed by atoms with Crippen LogP contribution in [0.3, 0.4) is 0 Å². The van der Waals surface area contributed by atoms with Crippen LogP contribution in [0.15, 0.2) is 24.4 Å². The molecule has 1 aromatic rings. The molecule has 2 rings (SSSR count). The SMILES string of the molecule is O=C1c2cccc[n+]2C(CC(F)(F)F)N(O)C1C(=O)C(F)(F)F. The first kappa shape index (κ1) is 17.3. The minimum absolute atomic E-state index is 0.487. The van der Waals surface area contributed by atoms with Gasteiger partial charge in [0.25, 0.3) is 17.3 Å². The summed E-state index contributed by atoms with van der Waals surface area (Å²) in [5.74, 6) is -4.07. The molecule has 0 spiro atoms. The van der Waals surface area contributed by atoms with Gasteiger partial charge in [0.05, 0.1) is 0 Å². The number of fused-ring (bicyclic) bond motifs is 1. The minimum atomic E-state index is -5.49. The predicted molar refractivity (Wildman–Crippen MR) is 59.2 cm³/mol. The maximum absolute atomic E-state index is 12.6. The lowest BCUT2D eigenvalue weighted by Gasteiger charge is -2.32. The molecule has 1 aromatic heterocycles. The zero-order valence-corrected chi connectivity index (χ0v) is 11.1. The largest absolute Gasteiger partial charge is 0.452 e. The van der Waals surface area contributed by atoms with Gasteiger partial charge in [0.2, 0.25) is 6.17 Å². The average molecular weight is 343 g/mol. The van der Waals surface area contributed by atoms with Gasteiger partial charge in [-0.1, -0.05) is 0 Å². The van der Waals surface area contributed by atoms with Crippen LogP contribution >= 0.6 is 0 Å². The Morgan fingerprint density at radius 3 is 2.35 bits per heavy atom. The molecule has 0 aromatic carbocycles. The van der Waals surface area contributed by atoms with E-state index < -0.39 is 53.3 Å². The van der Waals surface area contributed by atoms with Crippen molar-refractivity contribution in [2.75, 3.05) is 0 Å². The standard InChI is InChI=1S/C12H9F6N2O3/c13-11(14,15)5-7-19-4-2-1-3-6(19)9(21)8(20(7)23)10(22)12(16,17)18/h1-4,7-8,23H,5H2/q+1. The fourth-order valence-electron chi connectivity index (χ4n) is 2.28. The van der Waals surface area contributed by atoms with Crippen LogP contribution in [0.1, 0.15) is 23.1 Å². The van der Waals surface area contributed by atoms with E-state index in [0.717, 1.165) is 12.3 Å². The maximum Gasteiger partial charge on any atom is 0.452 e. The van der Waals surface area contributed by atoms with Crippen LogP contribution in [0, 0.1) is 0 Å². The van der Waals surface area contributed by atoms with Crippen molar-refractivity contribution in [1.82, 2.24) is 5.06 Å². The van der Waals surface area contributed by atoms with Gasteiger partial charge >= 0.3 is 12.4 Å². The van der Waals surface area contributed by atoms with Crippen molar-refractivity contribution >= 4 is 11.6 Å². The Morgan fingerprint density at radius 2 is 1.83 bits per heavy atom. The van der Waals surface area contributed by atoms with Crippen molar-refractivity contribution in [1.29, 1.82) is 0 Å². The Balaban J connectivity index is 2.54. The second kappa shape index (κ2) is 5.57. The Morgan fingerprint density at radius 1 is 1.22 bits per heavy atom. The van der Waals surface area contributed by atoms with Crippen molar-refractivity contribution < 1.29 is 45.7 Å². The van der Waals surface area contributed by atoms with Crippen molar-refractivity contribution in [3.8, 4) is 0 Å². The van der Waals surface area contributed by atoms with Crippen LogP contribution in [0.2, 0.25) is 0 Å². The van der Waals surface area contributed by atoms with E-state index in [1.807, 2.05) is 0 Å². The molecule has 11 heteroatoms. The maximum atomic E-state index is 12.6. The number of carbonyl (C=O) groups is 2. The van der Waals surface area contributed by atoms with E-state index in [2.05, 4.69) is 0 Å². The first-order chi connectivity index (χ1) is 10.4. The molecule has 2 heterocycles. The third kappa shape index (κ3) is 3.34. The van der Waals surface area contributed by atoms with E-state index in [4.69, 9.17) is 0 Å². The Labute approximate surface area is 124 Å². The predicted octanol–water partition coefficient (Wildman–Crippen LogP) is 1.81. The monoisotopic (exact) mass is 343 g/mol. The highest BCUT2D eigenvalue weighted by atomic mass is 19.4. The lowest BCUT2D eigenvalue weighted by Crippen LogP contribution is -2.66. The second-order valence-corrected chi connectivity index (χ2v) is 4.80. The van der Waals surface area contributed by atoms with Crippen LogP contribution in [0.4, 0.5) is 26.3 Å². The molecule has 1 N–H and O–H groups in total. The summed E-state index contributed by atoms with van der Waals surface area (Å²) >= 11 is 0. The number of hydrogen-bond donors (Lipinski definition) is 1. The molecular weight excluding hydrogens is 334 g/mol. The molecule has 5 nitrogen and oxygen atoms in total. The highest BCUT2D eigenvalue weighted by Gasteiger charge is 2.58. The van der Waals surface area contributed by atoms with Crippen molar-refractivity contribution in [2.45, 2.75) is 31.0 Å². The first-order valence-corrected chi connectivity index (χ1v) is 6.13. The van der Waals surface area contributed by atoms with Crippen molar-refractivity contribution in [2.24, 2.45) is 0 Å². The Bertz CT molecular complexity index is 642. The molecular formula is C12H9F6N2O3+. The van der Waals surface area contributed by atoms with E-state index in [9.17, 15) is 41.1 Å². The second-order valence-electron chi connectivity index (χ2n) is 4.80. The Kier molecular flexibility index (Phi) is 4.20. The van der Waals surface area contributed by atoms with Gasteiger partial charge in [-0.2, -0.15) is 30.9 Å². The molecule has 0 radical (unpaired) electrons. The van der Waals surface area contributed by atoms with Crippen LogP contribution in [-0.4, -0.2) is 40.2 Å². The molecule has 0 amide bonds. The van der Waals surface area contributed by atoms with Crippen LogP contribution in [0.5, 0.6) is 0 Å². The quantitative estimate of drug-likeness (QED) is 0.506. The molecule has 0 saturated carbocycles. The summed E-state index contributed by atoms with van der Waals surface area (Å²) in [7, 11) is 0. The molecule has 0 fully saturated rings. The fraction of sp³-hybridized carbons (Fsp3) is 0.417. The first-order valence-electron chi connectivity index (χ1n) is 6.13. The lowest BCUT2D eigenvalue weighted by molar-refractivity contribution is -0.766. The van der Waals surface area contributed by atoms with Gasteiger partial charge in [-0.05, 0) is 6.07 Å². The fourth-order valence-corrected chi connectivity index (χ4v) is 2.28. The zero-order valence-electron chi connectivity index (χ0n) is 11.1. The van der Waals surface area contributed by atoms with Gasteiger partial charge in [0, 0.05) is 12.1 Å². The van der Waals surface area contributed by atoms with Gasteiger partial charge in [0.15, 0.2) is 12.2 Å². The minimum Gasteiger partial charge on any atom is -0.307 e. The number of pyridine rings is 1. The number of hydrogen-bond acceptors (Lipinski definition) is 4. The van der Waals surface area contributed by atoms with Gasteiger partial charge < -0.3 is 5.21 Å². The summed E-state index contributed by atoms with van der Waals surface area (Å²) in [5.41, 5.74) is -0.533. The van der Waals surface area contributed by atoms with Gasteiger partial charge in [-0.15, -0.1) is 5.06 Å². The van der Waals surface area contributed by atoms with Crippen LogP contribution in [-0.2, 0) is 4.79 Å². The summed E-state index contributed by atoms with van der Waals surface area (Å²) in [6.07, 6.45) is -13.2. The molecule has 0 aliphatic carbocycles. The molecule has 126 valence electrons. The third-order valence-electron chi connectivity index (χ3n) is 3.22. The number of halogens is 6. The molecule has 0 saturated heterocycles. The third-order valence-corrected chi connectivity index (χ3v) is 3.22.